The van der Waals surface area contributed by atoms with Gasteiger partial charge in [-0.05, 0) is 40.5 Å². The van der Waals surface area contributed by atoms with E-state index in [0.717, 1.165) is 5.56 Å². The van der Waals surface area contributed by atoms with Crippen LogP contribution < -0.4 is 0 Å². The summed E-state index contributed by atoms with van der Waals surface area (Å²) in [6, 6.07) is 15.6. The quantitative estimate of drug-likeness (QED) is 0.630. The van der Waals surface area contributed by atoms with Crippen molar-refractivity contribution in [3.05, 3.63) is 65.2 Å². The second kappa shape index (κ2) is 2.99. The van der Waals surface area contributed by atoms with Crippen LogP contribution in [0, 0.1) is 0 Å². The molecule has 0 radical (unpaired) electrons. The molecule has 2 aromatic rings. The van der Waals surface area contributed by atoms with Crippen molar-refractivity contribution in [2.45, 2.75) is 0 Å². The molecule has 1 aliphatic rings. The van der Waals surface area contributed by atoms with Crippen molar-refractivity contribution < 1.29 is 5.11 Å². The number of fused-ring (bicyclic) bond motifs is 1. The third kappa shape index (κ3) is 1.24. The molecule has 0 bridgehead atoms. The Morgan fingerprint density at radius 1 is 0.800 bits per heavy atom. The van der Waals surface area contributed by atoms with Crippen LogP contribution in [0.5, 0.6) is 5.75 Å². The molecule has 0 amide bonds. The minimum Gasteiger partial charge on any atom is -0.508 e. The molecule has 1 aliphatic carbocycles. The molecule has 15 heavy (non-hydrogen) atoms. The normalized spacial score (nSPS) is 12.7. The van der Waals surface area contributed by atoms with E-state index in [1.807, 2.05) is 24.3 Å². The Labute approximate surface area is 88.3 Å². The minimum absolute atomic E-state index is 0.312. The molecule has 2 aromatic carbocycles. The molecule has 3 rings (SSSR count). The van der Waals surface area contributed by atoms with Gasteiger partial charge < -0.3 is 5.11 Å². The van der Waals surface area contributed by atoms with Crippen molar-refractivity contribution in [2.75, 3.05) is 0 Å². The van der Waals surface area contributed by atoms with Crippen LogP contribution in [0.1, 0.15) is 16.7 Å². The number of hydrogen-bond acceptors (Lipinski definition) is 1. The molecular weight excluding hydrogens is 184 g/mol. The predicted octanol–water partition coefficient (Wildman–Crippen LogP) is 3.29. The first kappa shape index (κ1) is 8.30. The maximum atomic E-state index is 9.20. The zero-order valence-corrected chi connectivity index (χ0v) is 8.14. The summed E-state index contributed by atoms with van der Waals surface area (Å²) in [6.07, 6.45) is 2.17. The molecule has 0 atom stereocenters. The van der Waals surface area contributed by atoms with Crippen molar-refractivity contribution in [3.63, 3.8) is 0 Å². The lowest BCUT2D eigenvalue weighted by atomic mass is 9.84. The van der Waals surface area contributed by atoms with Gasteiger partial charge in [-0.1, -0.05) is 36.4 Å². The van der Waals surface area contributed by atoms with Gasteiger partial charge >= 0.3 is 0 Å². The number of aromatic hydroxyl groups is 1. The van der Waals surface area contributed by atoms with Crippen LogP contribution in [0.4, 0.5) is 0 Å². The molecule has 0 spiro atoms. The molecule has 72 valence electrons. The first-order valence-corrected chi connectivity index (χ1v) is 4.95. The SMILES string of the molecule is Oc1ccc(C2=Cc3ccccc32)cc1. The summed E-state index contributed by atoms with van der Waals surface area (Å²) >= 11 is 0. The average molecular weight is 194 g/mol. The Morgan fingerprint density at radius 3 is 2.27 bits per heavy atom. The topological polar surface area (TPSA) is 20.2 Å². The molecule has 0 heterocycles. The number of phenols is 1. The van der Waals surface area contributed by atoms with Crippen molar-refractivity contribution in [1.82, 2.24) is 0 Å². The van der Waals surface area contributed by atoms with Gasteiger partial charge in [0.2, 0.25) is 0 Å². The fourth-order valence-electron chi connectivity index (χ4n) is 1.90. The lowest BCUT2D eigenvalue weighted by Crippen LogP contribution is -1.99. The maximum Gasteiger partial charge on any atom is 0.115 e. The highest BCUT2D eigenvalue weighted by Crippen LogP contribution is 2.37. The Hall–Kier alpha value is -2.02. The van der Waals surface area contributed by atoms with Gasteiger partial charge in [-0.25, -0.2) is 0 Å². The predicted molar refractivity (Wildman–Crippen MR) is 61.5 cm³/mol. The summed E-state index contributed by atoms with van der Waals surface area (Å²) in [7, 11) is 0. The van der Waals surface area contributed by atoms with Crippen LogP contribution in [0.25, 0.3) is 11.6 Å². The maximum absolute atomic E-state index is 9.20. The Kier molecular flexibility index (Phi) is 1.65. The molecule has 0 fully saturated rings. The second-order valence-corrected chi connectivity index (χ2v) is 3.69. The van der Waals surface area contributed by atoms with Crippen molar-refractivity contribution in [2.24, 2.45) is 0 Å². The van der Waals surface area contributed by atoms with E-state index in [9.17, 15) is 5.11 Å². The largest absolute Gasteiger partial charge is 0.508 e. The molecular formula is C14H10O. The molecule has 0 saturated carbocycles. The molecule has 1 nitrogen and oxygen atoms in total. The Morgan fingerprint density at radius 2 is 1.53 bits per heavy atom. The van der Waals surface area contributed by atoms with Crippen molar-refractivity contribution in [3.8, 4) is 5.75 Å². The van der Waals surface area contributed by atoms with E-state index in [1.54, 1.807) is 12.1 Å². The number of rotatable bonds is 1. The first-order valence-electron chi connectivity index (χ1n) is 4.95. The highest BCUT2D eigenvalue weighted by atomic mass is 16.3. The van der Waals surface area contributed by atoms with Gasteiger partial charge in [0.1, 0.15) is 5.75 Å². The molecule has 0 aromatic heterocycles. The molecule has 1 heteroatoms. The summed E-state index contributed by atoms with van der Waals surface area (Å²) in [5.41, 5.74) is 5.00. The number of phenolic OH excluding ortho intramolecular Hbond substituents is 1. The van der Waals surface area contributed by atoms with Gasteiger partial charge in [-0.2, -0.15) is 0 Å². The van der Waals surface area contributed by atoms with E-state index in [2.05, 4.69) is 18.2 Å². The summed E-state index contributed by atoms with van der Waals surface area (Å²) < 4.78 is 0. The zero-order chi connectivity index (χ0) is 10.3. The molecule has 0 unspecified atom stereocenters. The summed E-state index contributed by atoms with van der Waals surface area (Å²) in [6.45, 7) is 0. The lowest BCUT2D eigenvalue weighted by molar-refractivity contribution is 0.475. The smallest absolute Gasteiger partial charge is 0.115 e. The van der Waals surface area contributed by atoms with E-state index in [1.165, 1.54) is 16.7 Å². The van der Waals surface area contributed by atoms with Crippen LogP contribution in [0.3, 0.4) is 0 Å². The first-order chi connectivity index (χ1) is 7.34. The monoisotopic (exact) mass is 194 g/mol. The van der Waals surface area contributed by atoms with E-state index in [0.29, 0.717) is 5.75 Å². The van der Waals surface area contributed by atoms with Gasteiger partial charge in [0.05, 0.1) is 0 Å². The fourth-order valence-corrected chi connectivity index (χ4v) is 1.90. The van der Waals surface area contributed by atoms with E-state index < -0.39 is 0 Å². The van der Waals surface area contributed by atoms with E-state index >= 15 is 0 Å². The lowest BCUT2D eigenvalue weighted by Gasteiger charge is -2.19. The summed E-state index contributed by atoms with van der Waals surface area (Å²) in [5, 5.41) is 9.20. The highest BCUT2D eigenvalue weighted by Gasteiger charge is 2.16. The van der Waals surface area contributed by atoms with Gasteiger partial charge in [0.15, 0.2) is 0 Å². The van der Waals surface area contributed by atoms with Gasteiger partial charge in [0, 0.05) is 0 Å². The Bertz CT molecular complexity index is 536. The third-order valence-electron chi connectivity index (χ3n) is 2.73. The molecule has 0 aliphatic heterocycles. The standard InChI is InChI=1S/C14H10O/c15-12-7-5-10(6-8-12)14-9-11-3-1-2-4-13(11)14/h1-9,15H. The molecule has 1 N–H and O–H groups in total. The number of benzene rings is 2. The van der Waals surface area contributed by atoms with Gasteiger partial charge in [-0.15, -0.1) is 0 Å². The third-order valence-corrected chi connectivity index (χ3v) is 2.73. The van der Waals surface area contributed by atoms with Crippen molar-refractivity contribution in [1.29, 1.82) is 0 Å². The molecule has 0 saturated heterocycles. The minimum atomic E-state index is 0.312. The summed E-state index contributed by atoms with van der Waals surface area (Å²) in [4.78, 5) is 0. The van der Waals surface area contributed by atoms with Crippen LogP contribution >= 0.6 is 0 Å². The van der Waals surface area contributed by atoms with Gasteiger partial charge in [0.25, 0.3) is 0 Å². The van der Waals surface area contributed by atoms with Crippen LogP contribution in [0.2, 0.25) is 0 Å². The average Bonchev–Trinajstić information content (AvgIpc) is 2.23. The summed E-state index contributed by atoms with van der Waals surface area (Å²) in [5.74, 6) is 0.312. The van der Waals surface area contributed by atoms with Crippen LogP contribution in [-0.2, 0) is 0 Å². The van der Waals surface area contributed by atoms with Crippen LogP contribution in [0.15, 0.2) is 48.5 Å². The fraction of sp³-hybridized carbons (Fsp3) is 0. The van der Waals surface area contributed by atoms with Gasteiger partial charge in [-0.3, -0.25) is 0 Å². The van der Waals surface area contributed by atoms with Crippen LogP contribution in [-0.4, -0.2) is 5.11 Å². The van der Waals surface area contributed by atoms with E-state index in [4.69, 9.17) is 0 Å². The Balaban J connectivity index is 2.03. The number of hydrogen-bond donors (Lipinski definition) is 1. The van der Waals surface area contributed by atoms with E-state index in [-0.39, 0.29) is 0 Å². The zero-order valence-electron chi connectivity index (χ0n) is 8.14. The second-order valence-electron chi connectivity index (χ2n) is 3.69. The van der Waals surface area contributed by atoms with Crippen molar-refractivity contribution >= 4 is 11.6 Å². The highest BCUT2D eigenvalue weighted by molar-refractivity contribution is 6.02.